The molecule has 0 radical (unpaired) electrons. The summed E-state index contributed by atoms with van der Waals surface area (Å²) in [5.41, 5.74) is 5.42. The lowest BCUT2D eigenvalue weighted by atomic mass is 10.1. The number of hydrogen-bond acceptors (Lipinski definition) is 6. The first-order valence-electron chi connectivity index (χ1n) is 6.08. The quantitative estimate of drug-likeness (QED) is 0.457. The molecule has 1 fully saturated rings. The van der Waals surface area contributed by atoms with Gasteiger partial charge in [0.05, 0.1) is 24.2 Å². The lowest BCUT2D eigenvalue weighted by Gasteiger charge is -2.32. The molecule has 1 aromatic rings. The maximum Gasteiger partial charge on any atom is 0.292 e. The normalized spacial score (nSPS) is 18.9. The number of aliphatic hydroxyl groups is 1. The molecule has 1 atom stereocenters. The number of carbonyl (C=O) groups is 1. The fourth-order valence-electron chi connectivity index (χ4n) is 2.03. The second-order valence-corrected chi connectivity index (χ2v) is 4.46. The van der Waals surface area contributed by atoms with Gasteiger partial charge in [0, 0.05) is 24.7 Å². The number of amides is 1. The standard InChI is InChI=1S/C12H15N3O5/c13-10-2-1-8(5-11(10)15(18)19)12(17)14-3-4-20-9(6-14)7-16/h1-2,5,9,16H,3-4,6-7,13H2. The van der Waals surface area contributed by atoms with E-state index in [0.29, 0.717) is 13.2 Å². The van der Waals surface area contributed by atoms with Crippen LogP contribution in [0.15, 0.2) is 18.2 Å². The number of nitro groups is 1. The third-order valence-electron chi connectivity index (χ3n) is 3.10. The Labute approximate surface area is 114 Å². The Morgan fingerprint density at radius 2 is 2.35 bits per heavy atom. The molecule has 1 unspecified atom stereocenters. The van der Waals surface area contributed by atoms with Crippen molar-refractivity contribution in [3.05, 3.63) is 33.9 Å². The Morgan fingerprint density at radius 3 is 3.00 bits per heavy atom. The van der Waals surface area contributed by atoms with E-state index in [1.165, 1.54) is 23.1 Å². The third kappa shape index (κ3) is 2.86. The van der Waals surface area contributed by atoms with Gasteiger partial charge in [0.15, 0.2) is 0 Å². The van der Waals surface area contributed by atoms with Gasteiger partial charge < -0.3 is 20.5 Å². The molecule has 1 amide bonds. The summed E-state index contributed by atoms with van der Waals surface area (Å²) in [5, 5.41) is 19.9. The number of ether oxygens (including phenoxy) is 1. The van der Waals surface area contributed by atoms with Gasteiger partial charge in [-0.1, -0.05) is 0 Å². The molecule has 2 rings (SSSR count). The van der Waals surface area contributed by atoms with Gasteiger partial charge in [0.2, 0.25) is 0 Å². The summed E-state index contributed by atoms with van der Waals surface area (Å²) in [5.74, 6) is -0.338. The minimum atomic E-state index is -0.623. The molecular weight excluding hydrogens is 266 g/mol. The Kier molecular flexibility index (Phi) is 4.16. The second kappa shape index (κ2) is 5.85. The zero-order valence-corrected chi connectivity index (χ0v) is 10.7. The van der Waals surface area contributed by atoms with Crippen molar-refractivity contribution in [2.24, 2.45) is 0 Å². The van der Waals surface area contributed by atoms with Crippen molar-refractivity contribution in [3.8, 4) is 0 Å². The molecule has 8 heteroatoms. The number of benzene rings is 1. The van der Waals surface area contributed by atoms with E-state index in [1.54, 1.807) is 0 Å². The molecule has 0 spiro atoms. The van der Waals surface area contributed by atoms with Gasteiger partial charge in [0.1, 0.15) is 5.69 Å². The summed E-state index contributed by atoms with van der Waals surface area (Å²) in [7, 11) is 0. The molecule has 1 aliphatic heterocycles. The van der Waals surface area contributed by atoms with Crippen LogP contribution in [0.2, 0.25) is 0 Å². The van der Waals surface area contributed by atoms with Gasteiger partial charge in [-0.3, -0.25) is 14.9 Å². The lowest BCUT2D eigenvalue weighted by molar-refractivity contribution is -0.383. The van der Waals surface area contributed by atoms with Gasteiger partial charge in [-0.15, -0.1) is 0 Å². The number of hydrogen-bond donors (Lipinski definition) is 2. The number of nitro benzene ring substituents is 1. The van der Waals surface area contributed by atoms with Crippen molar-refractivity contribution in [2.45, 2.75) is 6.10 Å². The Bertz CT molecular complexity index is 534. The average molecular weight is 281 g/mol. The molecule has 0 saturated carbocycles. The van der Waals surface area contributed by atoms with Gasteiger partial charge >= 0.3 is 0 Å². The number of anilines is 1. The van der Waals surface area contributed by atoms with Crippen LogP contribution in [0.3, 0.4) is 0 Å². The number of nitrogen functional groups attached to an aromatic ring is 1. The molecule has 0 aromatic heterocycles. The maximum absolute atomic E-state index is 12.3. The summed E-state index contributed by atoms with van der Waals surface area (Å²) >= 11 is 0. The van der Waals surface area contributed by atoms with Crippen LogP contribution in [0.5, 0.6) is 0 Å². The first-order chi connectivity index (χ1) is 9.52. The number of aliphatic hydroxyl groups excluding tert-OH is 1. The predicted molar refractivity (Wildman–Crippen MR) is 70.2 cm³/mol. The highest BCUT2D eigenvalue weighted by Crippen LogP contribution is 2.23. The molecule has 8 nitrogen and oxygen atoms in total. The van der Waals surface area contributed by atoms with Gasteiger partial charge in [-0.2, -0.15) is 0 Å². The van der Waals surface area contributed by atoms with Crippen molar-refractivity contribution >= 4 is 17.3 Å². The number of nitrogens with two attached hydrogens (primary N) is 1. The smallest absolute Gasteiger partial charge is 0.292 e. The average Bonchev–Trinajstić information content (AvgIpc) is 2.46. The SMILES string of the molecule is Nc1ccc(C(=O)N2CCOC(CO)C2)cc1[N+](=O)[O-]. The van der Waals surface area contributed by atoms with Gasteiger partial charge in [0.25, 0.3) is 11.6 Å². The monoisotopic (exact) mass is 281 g/mol. The Hall–Kier alpha value is -2.19. The fraction of sp³-hybridized carbons (Fsp3) is 0.417. The third-order valence-corrected chi connectivity index (χ3v) is 3.10. The van der Waals surface area contributed by atoms with Crippen LogP contribution < -0.4 is 5.73 Å². The van der Waals surface area contributed by atoms with Crippen molar-refractivity contribution < 1.29 is 19.6 Å². The molecule has 0 bridgehead atoms. The number of nitrogens with zero attached hydrogens (tertiary/aromatic N) is 2. The molecule has 1 heterocycles. The van der Waals surface area contributed by atoms with E-state index < -0.39 is 11.0 Å². The molecule has 0 aliphatic carbocycles. The maximum atomic E-state index is 12.3. The fourth-order valence-corrected chi connectivity index (χ4v) is 2.03. The molecule has 108 valence electrons. The van der Waals surface area contributed by atoms with E-state index >= 15 is 0 Å². The van der Waals surface area contributed by atoms with Crippen molar-refractivity contribution in [3.63, 3.8) is 0 Å². The van der Waals surface area contributed by atoms with Crippen LogP contribution in [0.1, 0.15) is 10.4 Å². The van der Waals surface area contributed by atoms with Crippen molar-refractivity contribution in [2.75, 3.05) is 32.0 Å². The molecular formula is C12H15N3O5. The number of carbonyl (C=O) groups excluding carboxylic acids is 1. The van der Waals surface area contributed by atoms with Crippen LogP contribution in [-0.4, -0.2) is 53.2 Å². The first kappa shape index (κ1) is 14.2. The number of morpholine rings is 1. The summed E-state index contributed by atoms with van der Waals surface area (Å²) in [4.78, 5) is 24.0. The van der Waals surface area contributed by atoms with E-state index in [1.807, 2.05) is 0 Å². The minimum Gasteiger partial charge on any atom is -0.394 e. The highest BCUT2D eigenvalue weighted by Gasteiger charge is 2.26. The topological polar surface area (TPSA) is 119 Å². The molecule has 3 N–H and O–H groups in total. The van der Waals surface area contributed by atoms with E-state index in [9.17, 15) is 14.9 Å². The van der Waals surface area contributed by atoms with E-state index in [4.69, 9.17) is 15.6 Å². The van der Waals surface area contributed by atoms with Gasteiger partial charge in [-0.05, 0) is 12.1 Å². The van der Waals surface area contributed by atoms with Crippen LogP contribution >= 0.6 is 0 Å². The summed E-state index contributed by atoms with van der Waals surface area (Å²) < 4.78 is 5.25. The van der Waals surface area contributed by atoms with Crippen LogP contribution in [0.25, 0.3) is 0 Å². The van der Waals surface area contributed by atoms with E-state index in [-0.39, 0.29) is 36.0 Å². The summed E-state index contributed by atoms with van der Waals surface area (Å²) in [6, 6.07) is 3.96. The van der Waals surface area contributed by atoms with E-state index in [0.717, 1.165) is 0 Å². The highest BCUT2D eigenvalue weighted by molar-refractivity contribution is 5.95. The predicted octanol–water partition coefficient (Wildman–Crippen LogP) is 0.0103. The zero-order chi connectivity index (χ0) is 14.7. The summed E-state index contributed by atoms with van der Waals surface area (Å²) in [6.07, 6.45) is -0.420. The molecule has 20 heavy (non-hydrogen) atoms. The molecule has 1 aromatic carbocycles. The Balaban J connectivity index is 2.20. The first-order valence-corrected chi connectivity index (χ1v) is 6.08. The van der Waals surface area contributed by atoms with Crippen LogP contribution in [-0.2, 0) is 4.74 Å². The molecule has 1 aliphatic rings. The Morgan fingerprint density at radius 1 is 1.60 bits per heavy atom. The largest absolute Gasteiger partial charge is 0.394 e. The highest BCUT2D eigenvalue weighted by atomic mass is 16.6. The van der Waals surface area contributed by atoms with E-state index in [2.05, 4.69) is 0 Å². The van der Waals surface area contributed by atoms with Crippen LogP contribution in [0.4, 0.5) is 11.4 Å². The van der Waals surface area contributed by atoms with Crippen molar-refractivity contribution in [1.29, 1.82) is 0 Å². The molecule has 1 saturated heterocycles. The van der Waals surface area contributed by atoms with Crippen molar-refractivity contribution in [1.82, 2.24) is 4.90 Å². The second-order valence-electron chi connectivity index (χ2n) is 4.46. The number of rotatable bonds is 3. The van der Waals surface area contributed by atoms with Crippen LogP contribution in [0, 0.1) is 10.1 Å². The zero-order valence-electron chi connectivity index (χ0n) is 10.7. The lowest BCUT2D eigenvalue weighted by Crippen LogP contribution is -2.46. The minimum absolute atomic E-state index is 0.0155. The summed E-state index contributed by atoms with van der Waals surface area (Å²) in [6.45, 7) is 0.792. The van der Waals surface area contributed by atoms with Gasteiger partial charge in [-0.25, -0.2) is 0 Å².